The Hall–Kier alpha value is -3.56. The van der Waals surface area contributed by atoms with E-state index in [0.29, 0.717) is 53.7 Å². The van der Waals surface area contributed by atoms with Crippen molar-refractivity contribution in [3.63, 3.8) is 0 Å². The van der Waals surface area contributed by atoms with Crippen molar-refractivity contribution < 1.29 is 39.5 Å². The number of carbonyl (C=O) groups is 2. The molecule has 0 aliphatic carbocycles. The second kappa shape index (κ2) is 13.2. The van der Waals surface area contributed by atoms with Crippen LogP contribution in [-0.4, -0.2) is 45.6 Å². The van der Waals surface area contributed by atoms with Crippen LogP contribution < -0.4 is 0 Å². The molecule has 10 nitrogen and oxygen atoms in total. The number of aromatic hydroxyl groups is 4. The van der Waals surface area contributed by atoms with Gasteiger partial charge in [0.2, 0.25) is 0 Å². The molecule has 2 heterocycles. The molecule has 0 atom stereocenters. The normalized spacial score (nSPS) is 13.2. The number of unbranched alkanes of at least 4 members (excludes halogenated alkanes) is 3. The number of phenols is 4. The van der Waals surface area contributed by atoms with Gasteiger partial charge in [0.1, 0.15) is 29.1 Å². The highest BCUT2D eigenvalue weighted by Crippen LogP contribution is 2.59. The van der Waals surface area contributed by atoms with Gasteiger partial charge in [-0.2, -0.15) is 5.26 Å². The predicted molar refractivity (Wildman–Crippen MR) is 150 cm³/mol. The lowest BCUT2D eigenvalue weighted by molar-refractivity contribution is -0.139. The summed E-state index contributed by atoms with van der Waals surface area (Å²) in [7, 11) is 0. The number of hydrogen-bond donors (Lipinski definition) is 4. The summed E-state index contributed by atoms with van der Waals surface area (Å²) >= 11 is 4.11. The summed E-state index contributed by atoms with van der Waals surface area (Å²) in [5.74, 6) is -1.78. The quantitative estimate of drug-likeness (QED) is 0.0641. The van der Waals surface area contributed by atoms with Gasteiger partial charge in [-0.1, -0.05) is 47.0 Å². The highest BCUT2D eigenvalue weighted by atomic mass is 32.2. The van der Waals surface area contributed by atoms with Gasteiger partial charge in [0.25, 0.3) is 5.70 Å². The Morgan fingerprint density at radius 1 is 0.725 bits per heavy atom. The van der Waals surface area contributed by atoms with Gasteiger partial charge in [-0.05, 0) is 49.9 Å². The molecular weight excluding hydrogens is 597 g/mol. The third-order valence-electron chi connectivity index (χ3n) is 5.44. The van der Waals surface area contributed by atoms with Crippen molar-refractivity contribution in [2.45, 2.75) is 45.3 Å². The highest BCUT2D eigenvalue weighted by molar-refractivity contribution is 8.25. The SMILES string of the molecule is [C-]#[N+]C(C(=O)OCCCCCCOC(=O)C(C#N)=C1Sc2c(O)ccc(O)c2S1)=C1Sc2c(O)ccc(O)c2S1. The first kappa shape index (κ1) is 29.4. The van der Waals surface area contributed by atoms with Gasteiger partial charge >= 0.3 is 11.9 Å². The smallest absolute Gasteiger partial charge is 0.350 e. The van der Waals surface area contributed by atoms with Crippen molar-refractivity contribution in [1.29, 1.82) is 5.26 Å². The second-order valence-electron chi connectivity index (χ2n) is 8.14. The average Bonchev–Trinajstić information content (AvgIpc) is 3.58. The van der Waals surface area contributed by atoms with Crippen molar-refractivity contribution in [3.05, 3.63) is 55.4 Å². The van der Waals surface area contributed by atoms with Crippen LogP contribution in [0, 0.1) is 17.9 Å². The molecule has 206 valence electrons. The van der Waals surface area contributed by atoms with Crippen LogP contribution in [0.5, 0.6) is 23.0 Å². The predicted octanol–water partition coefficient (Wildman–Crippen LogP) is 6.08. The standard InChI is InChI=1S/C26H20N2O8S4/c1-28-18(26-39-21-16(31)8-9-17(32)22(21)40-26)24(34)36-11-5-3-2-4-10-35-23(33)13(12-27)25-37-19-14(29)6-7-15(30)20(19)38-25/h6-9,29-32H,2-5,10-11H2. The zero-order valence-electron chi connectivity index (χ0n) is 20.5. The fourth-order valence-corrected chi connectivity index (χ4v) is 8.43. The lowest BCUT2D eigenvalue weighted by Crippen LogP contribution is -2.09. The van der Waals surface area contributed by atoms with E-state index in [4.69, 9.17) is 16.0 Å². The van der Waals surface area contributed by atoms with E-state index in [0.717, 1.165) is 47.0 Å². The molecule has 0 fully saturated rings. The summed E-state index contributed by atoms with van der Waals surface area (Å²) in [6.45, 7) is 7.54. The average molecular weight is 617 g/mol. The third kappa shape index (κ3) is 6.42. The van der Waals surface area contributed by atoms with Crippen LogP contribution in [0.3, 0.4) is 0 Å². The zero-order valence-corrected chi connectivity index (χ0v) is 23.8. The molecule has 2 aliphatic heterocycles. The fraction of sp³-hybridized carbons (Fsp3) is 0.231. The minimum absolute atomic E-state index is 0.0494. The molecule has 0 unspecified atom stereocenters. The number of esters is 2. The van der Waals surface area contributed by atoms with E-state index in [1.165, 1.54) is 24.3 Å². The van der Waals surface area contributed by atoms with Crippen LogP contribution >= 0.6 is 47.0 Å². The van der Waals surface area contributed by atoms with Gasteiger partial charge in [0.15, 0.2) is 5.57 Å². The Labute approximate surface area is 245 Å². The van der Waals surface area contributed by atoms with Crippen molar-refractivity contribution in [3.8, 4) is 29.1 Å². The molecule has 2 aliphatic rings. The molecule has 0 saturated heterocycles. The summed E-state index contributed by atoms with van der Waals surface area (Å²) in [5.41, 5.74) is -0.416. The Morgan fingerprint density at radius 2 is 1.12 bits per heavy atom. The molecule has 4 rings (SSSR count). The molecule has 4 N–H and O–H groups in total. The van der Waals surface area contributed by atoms with Crippen molar-refractivity contribution >= 4 is 59.0 Å². The van der Waals surface area contributed by atoms with Crippen LogP contribution in [0.4, 0.5) is 0 Å². The van der Waals surface area contributed by atoms with Gasteiger partial charge in [-0.3, -0.25) is 4.79 Å². The lowest BCUT2D eigenvalue weighted by Gasteiger charge is -2.07. The van der Waals surface area contributed by atoms with E-state index in [9.17, 15) is 35.3 Å². The molecule has 0 spiro atoms. The Kier molecular flexibility index (Phi) is 9.71. The first-order chi connectivity index (χ1) is 19.2. The summed E-state index contributed by atoms with van der Waals surface area (Å²) in [6.07, 6.45) is 2.37. The number of fused-ring (bicyclic) bond motifs is 2. The van der Waals surface area contributed by atoms with Gasteiger partial charge in [0.05, 0.1) is 47.8 Å². The Bertz CT molecular complexity index is 1340. The number of phenolic OH excluding ortho intramolecular Hbond substituents is 4. The first-order valence-corrected chi connectivity index (χ1v) is 14.9. The molecule has 0 aromatic heterocycles. The number of ether oxygens (including phenoxy) is 2. The van der Waals surface area contributed by atoms with Crippen molar-refractivity contribution in [2.24, 2.45) is 0 Å². The van der Waals surface area contributed by atoms with Gasteiger partial charge in [-0.15, -0.1) is 0 Å². The Morgan fingerprint density at radius 3 is 1.52 bits per heavy atom. The molecule has 14 heteroatoms. The number of carbonyl (C=O) groups excluding carboxylic acids is 2. The van der Waals surface area contributed by atoms with Crippen LogP contribution in [0.1, 0.15) is 25.7 Å². The minimum atomic E-state index is -0.788. The monoisotopic (exact) mass is 616 g/mol. The van der Waals surface area contributed by atoms with Gasteiger partial charge in [-0.25, -0.2) is 9.64 Å². The first-order valence-electron chi connectivity index (χ1n) is 11.7. The van der Waals surface area contributed by atoms with E-state index in [1.807, 2.05) is 6.07 Å². The number of nitriles is 1. The number of benzene rings is 2. The second-order valence-corrected chi connectivity index (χ2v) is 12.7. The molecule has 2 aromatic rings. The maximum atomic E-state index is 12.4. The topological polar surface area (TPSA) is 162 Å². The van der Waals surface area contributed by atoms with Crippen LogP contribution in [0.15, 0.2) is 63.6 Å². The maximum absolute atomic E-state index is 12.4. The molecule has 40 heavy (non-hydrogen) atoms. The minimum Gasteiger partial charge on any atom is -0.507 e. The maximum Gasteiger partial charge on any atom is 0.350 e. The third-order valence-corrected chi connectivity index (χ3v) is 10.7. The summed E-state index contributed by atoms with van der Waals surface area (Å²) in [5, 5.41) is 49.4. The molecule has 0 amide bonds. The van der Waals surface area contributed by atoms with Crippen LogP contribution in [-0.2, 0) is 19.1 Å². The molecule has 0 saturated carbocycles. The largest absolute Gasteiger partial charge is 0.507 e. The van der Waals surface area contributed by atoms with Crippen LogP contribution in [0.2, 0.25) is 0 Å². The summed E-state index contributed by atoms with van der Waals surface area (Å²) in [6, 6.07) is 7.19. The zero-order chi connectivity index (χ0) is 28.8. The van der Waals surface area contributed by atoms with E-state index in [-0.39, 0.29) is 47.5 Å². The highest BCUT2D eigenvalue weighted by Gasteiger charge is 2.31. The fourth-order valence-electron chi connectivity index (χ4n) is 3.47. The van der Waals surface area contributed by atoms with Crippen molar-refractivity contribution in [2.75, 3.05) is 13.2 Å². The van der Waals surface area contributed by atoms with E-state index < -0.39 is 11.9 Å². The summed E-state index contributed by atoms with van der Waals surface area (Å²) < 4.78 is 11.1. The molecule has 0 radical (unpaired) electrons. The van der Waals surface area contributed by atoms with E-state index in [1.54, 1.807) is 0 Å². The van der Waals surface area contributed by atoms with Gasteiger partial charge < -0.3 is 29.9 Å². The van der Waals surface area contributed by atoms with E-state index in [2.05, 4.69) is 4.85 Å². The number of nitrogens with zero attached hydrogens (tertiary/aromatic N) is 2. The van der Waals surface area contributed by atoms with Crippen molar-refractivity contribution in [1.82, 2.24) is 0 Å². The number of thioether (sulfide) groups is 4. The molecule has 0 bridgehead atoms. The molecular formula is C26H20N2O8S4. The molecule has 2 aromatic carbocycles. The van der Waals surface area contributed by atoms with Gasteiger partial charge in [0, 0.05) is 0 Å². The van der Waals surface area contributed by atoms with Crippen LogP contribution in [0.25, 0.3) is 4.85 Å². The number of hydrogen-bond acceptors (Lipinski definition) is 13. The summed E-state index contributed by atoms with van der Waals surface area (Å²) in [4.78, 5) is 29.7. The Balaban J connectivity index is 1.17. The lowest BCUT2D eigenvalue weighted by atomic mass is 10.2. The number of rotatable bonds is 9. The van der Waals surface area contributed by atoms with E-state index >= 15 is 0 Å².